The average molecular weight is 143 g/mol. The zero-order valence-corrected chi connectivity index (χ0v) is 6.45. The van der Waals surface area contributed by atoms with Crippen molar-refractivity contribution >= 4 is 0 Å². The summed E-state index contributed by atoms with van der Waals surface area (Å²) in [7, 11) is 0. The van der Waals surface area contributed by atoms with Gasteiger partial charge in [0.2, 0.25) is 0 Å². The summed E-state index contributed by atoms with van der Waals surface area (Å²) in [5, 5.41) is 13.2. The predicted molar refractivity (Wildman–Crippen MR) is 40.0 cm³/mol. The Hall–Kier alpha value is -0.120. The number of hydrogen-bond acceptors (Lipinski definition) is 2. The van der Waals surface area contributed by atoms with Crippen LogP contribution in [0.25, 0.3) is 0 Å². The van der Waals surface area contributed by atoms with Crippen molar-refractivity contribution in [3.8, 4) is 0 Å². The number of aliphatic hydroxyl groups is 1. The van der Waals surface area contributed by atoms with Crippen molar-refractivity contribution in [1.82, 2.24) is 10.2 Å². The van der Waals surface area contributed by atoms with Gasteiger partial charge in [-0.1, -0.05) is 0 Å². The van der Waals surface area contributed by atoms with Gasteiger partial charge in [0.1, 0.15) is 0 Å². The molecule has 0 aromatic rings. The fourth-order valence-corrected chi connectivity index (χ4v) is 1.20. The molecule has 3 nitrogen and oxygen atoms in total. The van der Waals surface area contributed by atoms with Gasteiger partial charge >= 0.3 is 0 Å². The lowest BCUT2D eigenvalue weighted by Crippen LogP contribution is -2.43. The van der Waals surface area contributed by atoms with Crippen LogP contribution in [0.15, 0.2) is 0 Å². The minimum Gasteiger partial charge on any atom is -0.392 e. The third-order valence-corrected chi connectivity index (χ3v) is 1.67. The van der Waals surface area contributed by atoms with Crippen LogP contribution in [0.2, 0.25) is 0 Å². The van der Waals surface area contributed by atoms with Gasteiger partial charge in [0, 0.05) is 32.7 Å². The number of aliphatic hydroxyl groups excluding tert-OH is 1. The highest BCUT2D eigenvalue weighted by Gasteiger charge is 2.11. The fraction of sp³-hybridized carbons (Fsp3) is 1.00. The van der Waals surface area contributed by atoms with Crippen molar-refractivity contribution in [2.75, 3.05) is 32.7 Å². The maximum absolute atomic E-state index is 9.03. The molecule has 1 saturated heterocycles. The van der Waals surface area contributed by atoms with E-state index in [4.69, 9.17) is 5.11 Å². The van der Waals surface area contributed by atoms with E-state index < -0.39 is 0 Å². The number of hydrogen-bond donors (Lipinski definition) is 1. The van der Waals surface area contributed by atoms with Gasteiger partial charge in [-0.25, -0.2) is 5.32 Å². The van der Waals surface area contributed by atoms with E-state index in [-0.39, 0.29) is 6.10 Å². The highest BCUT2D eigenvalue weighted by molar-refractivity contribution is 4.68. The van der Waals surface area contributed by atoms with E-state index in [0.717, 1.165) is 32.7 Å². The highest BCUT2D eigenvalue weighted by atomic mass is 16.3. The van der Waals surface area contributed by atoms with Crippen molar-refractivity contribution in [2.45, 2.75) is 13.0 Å². The van der Waals surface area contributed by atoms with E-state index >= 15 is 0 Å². The highest BCUT2D eigenvalue weighted by Crippen LogP contribution is 1.94. The molecule has 1 N–H and O–H groups in total. The molecule has 1 radical (unpaired) electrons. The Morgan fingerprint density at radius 2 is 2.10 bits per heavy atom. The maximum Gasteiger partial charge on any atom is 0.0639 e. The molecule has 1 unspecified atom stereocenters. The largest absolute Gasteiger partial charge is 0.392 e. The van der Waals surface area contributed by atoms with Gasteiger partial charge in [-0.2, -0.15) is 0 Å². The summed E-state index contributed by atoms with van der Waals surface area (Å²) in [5.41, 5.74) is 0. The standard InChI is InChI=1S/C7H15N2O/c1-7(10)6-9-4-2-8-3-5-9/h7,10H,2-6H2,1H3. The number of rotatable bonds is 2. The van der Waals surface area contributed by atoms with Crippen LogP contribution in [0, 0.1) is 0 Å². The summed E-state index contributed by atoms with van der Waals surface area (Å²) < 4.78 is 0. The van der Waals surface area contributed by atoms with Crippen molar-refractivity contribution < 1.29 is 5.11 Å². The third kappa shape index (κ3) is 2.64. The topological polar surface area (TPSA) is 37.6 Å². The van der Waals surface area contributed by atoms with Crippen molar-refractivity contribution in [3.63, 3.8) is 0 Å². The Labute approximate surface area is 62.0 Å². The molecule has 1 heterocycles. The molecule has 0 bridgehead atoms. The molecule has 10 heavy (non-hydrogen) atoms. The first-order valence-corrected chi connectivity index (χ1v) is 3.82. The lowest BCUT2D eigenvalue weighted by Gasteiger charge is -2.26. The molecule has 1 aliphatic heterocycles. The monoisotopic (exact) mass is 143 g/mol. The summed E-state index contributed by atoms with van der Waals surface area (Å²) >= 11 is 0. The second-order valence-corrected chi connectivity index (χ2v) is 2.82. The molecule has 0 spiro atoms. The van der Waals surface area contributed by atoms with E-state index in [0.29, 0.717) is 0 Å². The normalized spacial score (nSPS) is 24.6. The summed E-state index contributed by atoms with van der Waals surface area (Å²) in [6.45, 7) is 6.54. The predicted octanol–water partition coefficient (Wildman–Crippen LogP) is -0.713. The van der Waals surface area contributed by atoms with Crippen LogP contribution in [0.3, 0.4) is 0 Å². The quantitative estimate of drug-likeness (QED) is 0.554. The van der Waals surface area contributed by atoms with Gasteiger partial charge in [-0.3, -0.25) is 4.90 Å². The van der Waals surface area contributed by atoms with Gasteiger partial charge < -0.3 is 5.11 Å². The Balaban J connectivity index is 2.13. The van der Waals surface area contributed by atoms with Gasteiger partial charge in [0.25, 0.3) is 0 Å². The van der Waals surface area contributed by atoms with Crippen LogP contribution in [0.4, 0.5) is 0 Å². The average Bonchev–Trinajstić information content (AvgIpc) is 1.88. The SMILES string of the molecule is CC(O)CN1CC[N]CC1. The summed E-state index contributed by atoms with van der Waals surface area (Å²) in [6.07, 6.45) is -0.196. The van der Waals surface area contributed by atoms with Crippen LogP contribution in [-0.4, -0.2) is 48.8 Å². The molecule has 0 aliphatic carbocycles. The van der Waals surface area contributed by atoms with Gasteiger partial charge in [0.15, 0.2) is 0 Å². The first kappa shape index (κ1) is 7.98. The first-order chi connectivity index (χ1) is 4.79. The Bertz CT molecular complexity index is 89.6. The molecule has 0 aromatic heterocycles. The second kappa shape index (κ2) is 3.91. The molecule has 0 amide bonds. The van der Waals surface area contributed by atoms with Crippen molar-refractivity contribution in [3.05, 3.63) is 0 Å². The molecular formula is C7H15N2O. The summed E-state index contributed by atoms with van der Waals surface area (Å²) in [6, 6.07) is 0. The van der Waals surface area contributed by atoms with E-state index in [1.54, 1.807) is 0 Å². The zero-order chi connectivity index (χ0) is 7.40. The van der Waals surface area contributed by atoms with Gasteiger partial charge in [0.05, 0.1) is 6.10 Å². The van der Waals surface area contributed by atoms with Gasteiger partial charge in [-0.05, 0) is 6.92 Å². The minimum atomic E-state index is -0.196. The Morgan fingerprint density at radius 3 is 2.60 bits per heavy atom. The van der Waals surface area contributed by atoms with Crippen LogP contribution >= 0.6 is 0 Å². The molecule has 1 fully saturated rings. The maximum atomic E-state index is 9.03. The van der Waals surface area contributed by atoms with E-state index in [1.165, 1.54) is 0 Å². The molecule has 1 aliphatic rings. The summed E-state index contributed by atoms with van der Waals surface area (Å²) in [4.78, 5) is 2.25. The summed E-state index contributed by atoms with van der Waals surface area (Å²) in [5.74, 6) is 0. The van der Waals surface area contributed by atoms with E-state index in [2.05, 4.69) is 10.2 Å². The van der Waals surface area contributed by atoms with Crippen LogP contribution in [-0.2, 0) is 0 Å². The Morgan fingerprint density at radius 1 is 1.50 bits per heavy atom. The first-order valence-electron chi connectivity index (χ1n) is 3.82. The number of nitrogens with zero attached hydrogens (tertiary/aromatic N) is 2. The minimum absolute atomic E-state index is 0.196. The van der Waals surface area contributed by atoms with Crippen LogP contribution in [0.5, 0.6) is 0 Å². The molecule has 59 valence electrons. The van der Waals surface area contributed by atoms with E-state index in [9.17, 15) is 0 Å². The molecule has 3 heteroatoms. The fourth-order valence-electron chi connectivity index (χ4n) is 1.20. The van der Waals surface area contributed by atoms with Crippen molar-refractivity contribution in [2.24, 2.45) is 0 Å². The number of β-amino-alcohol motifs (C(OH)–C–C–N with tert-alkyl or cyclic N) is 1. The Kier molecular flexibility index (Phi) is 3.12. The molecule has 1 rings (SSSR count). The third-order valence-electron chi connectivity index (χ3n) is 1.67. The second-order valence-electron chi connectivity index (χ2n) is 2.82. The van der Waals surface area contributed by atoms with Crippen LogP contribution < -0.4 is 5.32 Å². The van der Waals surface area contributed by atoms with Crippen molar-refractivity contribution in [1.29, 1.82) is 0 Å². The molecule has 1 atom stereocenters. The lowest BCUT2D eigenvalue weighted by molar-refractivity contribution is 0.118. The van der Waals surface area contributed by atoms with Gasteiger partial charge in [-0.15, -0.1) is 0 Å². The van der Waals surface area contributed by atoms with Crippen LogP contribution in [0.1, 0.15) is 6.92 Å². The smallest absolute Gasteiger partial charge is 0.0639 e. The zero-order valence-electron chi connectivity index (χ0n) is 6.45. The lowest BCUT2D eigenvalue weighted by atomic mass is 10.3. The van der Waals surface area contributed by atoms with E-state index in [1.807, 2.05) is 6.92 Å². The number of piperazine rings is 1. The molecule has 0 aromatic carbocycles. The molecule has 0 saturated carbocycles. The molecular weight excluding hydrogens is 128 g/mol.